The lowest BCUT2D eigenvalue weighted by Crippen LogP contribution is -2.33. The number of alkyl halides is 3. The SMILES string of the molecule is CN(CC(O)CO)C1=NC(=O)C(=C(Cc2ncc(C(F)(F)F)cc2Cl)c2ccc3[nH]ncc3c2)S1. The van der Waals surface area contributed by atoms with Gasteiger partial charge in [-0.1, -0.05) is 17.7 Å². The first kappa shape index (κ1) is 25.2. The van der Waals surface area contributed by atoms with Crippen molar-refractivity contribution >= 4 is 50.9 Å². The second-order valence-electron chi connectivity index (χ2n) is 7.83. The molecule has 3 aromatic rings. The number of amides is 1. The molecule has 1 amide bonds. The standard InChI is InChI=1S/C22H19ClF3N5O3S/c1-31(9-14(33)10-32)21-29-20(34)19(35-21)15(11-2-3-17-12(4-11)7-28-30-17)6-18-16(23)5-13(8-27-18)22(24,25)26/h2-5,7-8,14,32-33H,6,9-10H2,1H3,(H,28,30). The van der Waals surface area contributed by atoms with Gasteiger partial charge in [-0.25, -0.2) is 0 Å². The molecule has 1 aliphatic heterocycles. The number of amidine groups is 1. The molecule has 8 nitrogen and oxygen atoms in total. The number of likely N-dealkylation sites (N-methyl/N-ethyl adjacent to an activating group) is 1. The minimum Gasteiger partial charge on any atom is -0.394 e. The molecule has 1 atom stereocenters. The molecular formula is C22H19ClF3N5O3S. The number of pyridine rings is 1. The number of allylic oxidation sites excluding steroid dienone is 1. The minimum absolute atomic E-state index is 0.0276. The van der Waals surface area contributed by atoms with Crippen LogP contribution in [0.15, 0.2) is 46.6 Å². The smallest absolute Gasteiger partial charge is 0.394 e. The van der Waals surface area contributed by atoms with E-state index in [1.54, 1.807) is 31.4 Å². The highest BCUT2D eigenvalue weighted by Crippen LogP contribution is 2.38. The lowest BCUT2D eigenvalue weighted by molar-refractivity contribution is -0.137. The van der Waals surface area contributed by atoms with Crippen molar-refractivity contribution in [1.82, 2.24) is 20.1 Å². The summed E-state index contributed by atoms with van der Waals surface area (Å²) in [4.78, 5) is 22.7. The second kappa shape index (κ2) is 9.97. The van der Waals surface area contributed by atoms with Crippen LogP contribution in [0.2, 0.25) is 5.02 Å². The quantitative estimate of drug-likeness (QED) is 0.422. The third-order valence-corrected chi connectivity index (χ3v) is 6.80. The van der Waals surface area contributed by atoms with Crippen molar-refractivity contribution in [1.29, 1.82) is 0 Å². The molecule has 4 rings (SSSR count). The number of rotatable bonds is 6. The largest absolute Gasteiger partial charge is 0.417 e. The summed E-state index contributed by atoms with van der Waals surface area (Å²) in [5.41, 5.74) is 1.07. The van der Waals surface area contributed by atoms with Gasteiger partial charge in [-0.15, -0.1) is 0 Å². The first-order valence-electron chi connectivity index (χ1n) is 10.3. The maximum atomic E-state index is 13.1. The fraction of sp³-hybridized carbons (Fsp3) is 0.273. The van der Waals surface area contributed by atoms with Crippen molar-refractivity contribution in [3.05, 3.63) is 63.4 Å². The third-order valence-electron chi connectivity index (χ3n) is 5.26. The van der Waals surface area contributed by atoms with Crippen LogP contribution in [0.1, 0.15) is 16.8 Å². The summed E-state index contributed by atoms with van der Waals surface area (Å²) in [5, 5.41) is 26.6. The zero-order valence-electron chi connectivity index (χ0n) is 18.2. The van der Waals surface area contributed by atoms with Crippen LogP contribution in [0.4, 0.5) is 13.2 Å². The van der Waals surface area contributed by atoms with E-state index in [1.165, 1.54) is 4.90 Å². The van der Waals surface area contributed by atoms with E-state index in [0.29, 0.717) is 22.5 Å². The molecule has 0 aliphatic carbocycles. The number of thioether (sulfide) groups is 1. The highest BCUT2D eigenvalue weighted by atomic mass is 35.5. The fourth-order valence-electron chi connectivity index (χ4n) is 3.46. The van der Waals surface area contributed by atoms with E-state index in [9.17, 15) is 23.1 Å². The van der Waals surface area contributed by atoms with Gasteiger partial charge in [0.05, 0.1) is 45.6 Å². The maximum Gasteiger partial charge on any atom is 0.417 e. The van der Waals surface area contributed by atoms with E-state index in [0.717, 1.165) is 28.7 Å². The second-order valence-corrected chi connectivity index (χ2v) is 9.21. The van der Waals surface area contributed by atoms with Gasteiger partial charge in [-0.05, 0) is 41.1 Å². The Bertz CT molecular complexity index is 1340. The van der Waals surface area contributed by atoms with Gasteiger partial charge in [0.2, 0.25) is 0 Å². The van der Waals surface area contributed by atoms with Crippen LogP contribution in [0.3, 0.4) is 0 Å². The molecule has 0 spiro atoms. The van der Waals surface area contributed by atoms with E-state index in [2.05, 4.69) is 20.2 Å². The predicted octanol–water partition coefficient (Wildman–Crippen LogP) is 3.50. The van der Waals surface area contributed by atoms with Gasteiger partial charge in [0.15, 0.2) is 5.17 Å². The summed E-state index contributed by atoms with van der Waals surface area (Å²) in [6.45, 7) is -0.404. The Morgan fingerprint density at radius 3 is 2.74 bits per heavy atom. The number of hydrogen-bond acceptors (Lipinski definition) is 7. The van der Waals surface area contributed by atoms with Crippen molar-refractivity contribution in [2.45, 2.75) is 18.7 Å². The van der Waals surface area contributed by atoms with E-state index in [-0.39, 0.29) is 28.6 Å². The number of halogens is 4. The molecule has 1 aliphatic rings. The topological polar surface area (TPSA) is 115 Å². The molecule has 2 aromatic heterocycles. The fourth-order valence-corrected chi connectivity index (χ4v) is 4.68. The zero-order chi connectivity index (χ0) is 25.3. The van der Waals surface area contributed by atoms with Gasteiger partial charge >= 0.3 is 6.18 Å². The number of fused-ring (bicyclic) bond motifs is 1. The Labute approximate surface area is 206 Å². The number of aliphatic imine (C=N–C) groups is 1. The first-order chi connectivity index (χ1) is 16.6. The van der Waals surface area contributed by atoms with Gasteiger partial charge in [0.1, 0.15) is 0 Å². The molecule has 0 saturated heterocycles. The van der Waals surface area contributed by atoms with Crippen LogP contribution in [0.5, 0.6) is 0 Å². The number of aliphatic hydroxyl groups excluding tert-OH is 2. The molecule has 0 fully saturated rings. The van der Waals surface area contributed by atoms with Crippen LogP contribution >= 0.6 is 23.4 Å². The lowest BCUT2D eigenvalue weighted by Gasteiger charge is -2.20. The van der Waals surface area contributed by atoms with Crippen molar-refractivity contribution in [2.24, 2.45) is 4.99 Å². The highest BCUT2D eigenvalue weighted by Gasteiger charge is 2.33. The molecule has 0 saturated carbocycles. The molecule has 3 N–H and O–H groups in total. The number of carbonyl (C=O) groups excluding carboxylic acids is 1. The average molecular weight is 526 g/mol. The van der Waals surface area contributed by atoms with E-state index in [4.69, 9.17) is 16.7 Å². The lowest BCUT2D eigenvalue weighted by atomic mass is 9.98. The van der Waals surface area contributed by atoms with Crippen LogP contribution in [0, 0.1) is 0 Å². The van der Waals surface area contributed by atoms with Crippen LogP contribution in [-0.2, 0) is 17.4 Å². The third kappa shape index (κ3) is 5.50. The number of benzene rings is 1. The predicted molar refractivity (Wildman–Crippen MR) is 127 cm³/mol. The minimum atomic E-state index is -4.59. The van der Waals surface area contributed by atoms with Crippen LogP contribution in [0.25, 0.3) is 16.5 Å². The van der Waals surface area contributed by atoms with Gasteiger partial charge in [0.25, 0.3) is 5.91 Å². The van der Waals surface area contributed by atoms with Gasteiger partial charge in [-0.2, -0.15) is 23.3 Å². The molecule has 184 valence electrons. The molecule has 13 heteroatoms. The van der Waals surface area contributed by atoms with E-state index >= 15 is 0 Å². The molecule has 35 heavy (non-hydrogen) atoms. The molecule has 1 unspecified atom stereocenters. The number of aliphatic hydroxyl groups is 2. The molecule has 1 aromatic carbocycles. The van der Waals surface area contributed by atoms with Crippen molar-refractivity contribution in [2.75, 3.05) is 20.2 Å². The zero-order valence-corrected chi connectivity index (χ0v) is 19.7. The van der Waals surface area contributed by atoms with Gasteiger partial charge in [-0.3, -0.25) is 14.9 Å². The number of aromatic nitrogens is 3. The van der Waals surface area contributed by atoms with Gasteiger partial charge in [0, 0.05) is 31.6 Å². The summed E-state index contributed by atoms with van der Waals surface area (Å²) < 4.78 is 39.2. The number of nitrogens with one attached hydrogen (secondary N) is 1. The molecule has 0 radical (unpaired) electrons. The van der Waals surface area contributed by atoms with Crippen LogP contribution in [-0.4, -0.2) is 67.7 Å². The Morgan fingerprint density at radius 1 is 1.29 bits per heavy atom. The summed E-state index contributed by atoms with van der Waals surface area (Å²) in [6, 6.07) is 6.13. The van der Waals surface area contributed by atoms with Crippen molar-refractivity contribution < 1.29 is 28.2 Å². The number of hydrogen-bond donors (Lipinski definition) is 3. The van der Waals surface area contributed by atoms with E-state index in [1.807, 2.05) is 0 Å². The summed E-state index contributed by atoms with van der Waals surface area (Å²) in [5.74, 6) is -0.541. The number of carbonyl (C=O) groups is 1. The normalized spacial score (nSPS) is 16.5. The molecule has 3 heterocycles. The Hall–Kier alpha value is -2.93. The Balaban J connectivity index is 1.74. The maximum absolute atomic E-state index is 13.1. The monoisotopic (exact) mass is 525 g/mol. The van der Waals surface area contributed by atoms with Gasteiger partial charge < -0.3 is 15.1 Å². The number of H-pyrrole nitrogens is 1. The van der Waals surface area contributed by atoms with E-state index < -0.39 is 30.4 Å². The summed E-state index contributed by atoms with van der Waals surface area (Å²) >= 11 is 7.22. The molecular weight excluding hydrogens is 507 g/mol. The highest BCUT2D eigenvalue weighted by molar-refractivity contribution is 8.18. The van der Waals surface area contributed by atoms with Crippen molar-refractivity contribution in [3.8, 4) is 0 Å². The molecule has 0 bridgehead atoms. The summed E-state index contributed by atoms with van der Waals surface area (Å²) in [6.07, 6.45) is -3.32. The van der Waals surface area contributed by atoms with Crippen molar-refractivity contribution in [3.63, 3.8) is 0 Å². The Morgan fingerprint density at radius 2 is 2.06 bits per heavy atom. The number of nitrogens with zero attached hydrogens (tertiary/aromatic N) is 4. The first-order valence-corrected chi connectivity index (χ1v) is 11.5. The summed E-state index contributed by atoms with van der Waals surface area (Å²) in [7, 11) is 1.62. The Kier molecular flexibility index (Phi) is 7.17. The van der Waals surface area contributed by atoms with Crippen LogP contribution < -0.4 is 0 Å². The average Bonchev–Trinajstić information content (AvgIpc) is 3.43. The number of aromatic amines is 1.